The van der Waals surface area contributed by atoms with Crippen molar-refractivity contribution < 1.29 is 14.6 Å². The number of fused-ring (bicyclic) bond motifs is 1. The van der Waals surface area contributed by atoms with Crippen molar-refractivity contribution in [1.29, 1.82) is 0 Å². The molecule has 2 heterocycles. The van der Waals surface area contributed by atoms with Gasteiger partial charge in [-0.1, -0.05) is 6.07 Å². The zero-order valence-corrected chi connectivity index (χ0v) is 18.5. The molecule has 0 saturated heterocycles. The number of aliphatic hydroxyl groups is 1. The topological polar surface area (TPSA) is 101 Å². The SMILES string of the molecule is COc1cc2nn(C3CCC(C)(O)CC3)cc2cc1NC(=O)c1cccc(NC2CC2)n1. The van der Waals surface area contributed by atoms with Crippen LogP contribution in [0.1, 0.15) is 62.0 Å². The minimum absolute atomic E-state index is 0.262. The van der Waals surface area contributed by atoms with Crippen molar-refractivity contribution >= 4 is 28.3 Å². The molecule has 3 N–H and O–H groups in total. The number of amides is 1. The Morgan fingerprint density at radius 1 is 1.22 bits per heavy atom. The van der Waals surface area contributed by atoms with Gasteiger partial charge in [-0.25, -0.2) is 4.98 Å². The number of nitrogens with zero attached hydrogens (tertiary/aromatic N) is 3. The molecule has 8 nitrogen and oxygen atoms in total. The van der Waals surface area contributed by atoms with E-state index in [9.17, 15) is 9.90 Å². The fourth-order valence-corrected chi connectivity index (χ4v) is 4.28. The lowest BCUT2D eigenvalue weighted by Crippen LogP contribution is -2.31. The fraction of sp³-hybridized carbons (Fsp3) is 0.458. The second-order valence-electron chi connectivity index (χ2n) is 9.23. The van der Waals surface area contributed by atoms with E-state index in [2.05, 4.69) is 15.6 Å². The normalized spacial score (nSPS) is 23.2. The summed E-state index contributed by atoms with van der Waals surface area (Å²) in [5.41, 5.74) is 1.16. The van der Waals surface area contributed by atoms with Crippen LogP contribution < -0.4 is 15.4 Å². The lowest BCUT2D eigenvalue weighted by atomic mass is 9.84. The number of rotatable bonds is 6. The van der Waals surface area contributed by atoms with Crippen molar-refractivity contribution in [2.75, 3.05) is 17.7 Å². The molecule has 0 bridgehead atoms. The maximum Gasteiger partial charge on any atom is 0.274 e. The predicted molar refractivity (Wildman–Crippen MR) is 123 cm³/mol. The quantitative estimate of drug-likeness (QED) is 0.538. The summed E-state index contributed by atoms with van der Waals surface area (Å²) in [5, 5.41) is 22.2. The van der Waals surface area contributed by atoms with Crippen LogP contribution in [0.2, 0.25) is 0 Å². The van der Waals surface area contributed by atoms with Gasteiger partial charge in [-0.15, -0.1) is 0 Å². The van der Waals surface area contributed by atoms with Gasteiger partial charge in [0.05, 0.1) is 30.0 Å². The number of benzene rings is 1. The van der Waals surface area contributed by atoms with Gasteiger partial charge < -0.3 is 20.5 Å². The van der Waals surface area contributed by atoms with Crippen molar-refractivity contribution in [3.63, 3.8) is 0 Å². The van der Waals surface area contributed by atoms with E-state index < -0.39 is 5.60 Å². The Balaban J connectivity index is 1.37. The first kappa shape index (κ1) is 20.8. The van der Waals surface area contributed by atoms with E-state index in [1.54, 1.807) is 13.2 Å². The second-order valence-corrected chi connectivity index (χ2v) is 9.23. The monoisotopic (exact) mass is 435 g/mol. The highest BCUT2D eigenvalue weighted by Crippen LogP contribution is 2.36. The molecule has 2 aliphatic carbocycles. The molecule has 0 spiro atoms. The first-order valence-corrected chi connectivity index (χ1v) is 11.2. The molecule has 2 fully saturated rings. The summed E-state index contributed by atoms with van der Waals surface area (Å²) in [6.07, 6.45) is 7.59. The molecule has 0 radical (unpaired) electrons. The molecule has 2 saturated carbocycles. The molecule has 2 aromatic heterocycles. The molecule has 5 rings (SSSR count). The van der Waals surface area contributed by atoms with Gasteiger partial charge in [-0.3, -0.25) is 9.48 Å². The highest BCUT2D eigenvalue weighted by molar-refractivity contribution is 6.05. The Labute approximate surface area is 187 Å². The standard InChI is InChI=1S/C24H29N5O3/c1-24(31)10-8-17(9-11-24)29-14-15-12-20(21(32-2)13-19(15)28-29)27-23(30)18-4-3-5-22(26-18)25-16-6-7-16/h3-5,12-14,16-17,31H,6-11H2,1-2H3,(H,25,26)(H,27,30). The van der Waals surface area contributed by atoms with Gasteiger partial charge in [0.2, 0.25) is 0 Å². The van der Waals surface area contributed by atoms with E-state index in [-0.39, 0.29) is 11.9 Å². The Morgan fingerprint density at radius 2 is 2.00 bits per heavy atom. The number of nitrogens with one attached hydrogen (secondary N) is 2. The van der Waals surface area contributed by atoms with Crippen LogP contribution in [-0.4, -0.2) is 44.5 Å². The first-order valence-electron chi connectivity index (χ1n) is 11.2. The van der Waals surface area contributed by atoms with Crippen molar-refractivity contribution in [2.24, 2.45) is 0 Å². The summed E-state index contributed by atoms with van der Waals surface area (Å²) in [6, 6.07) is 9.88. The summed E-state index contributed by atoms with van der Waals surface area (Å²) >= 11 is 0. The number of anilines is 2. The summed E-state index contributed by atoms with van der Waals surface area (Å²) in [5.74, 6) is 0.981. The molecular weight excluding hydrogens is 406 g/mol. The average Bonchev–Trinajstić information content (AvgIpc) is 3.49. The van der Waals surface area contributed by atoms with E-state index in [1.807, 2.05) is 42.1 Å². The number of pyridine rings is 1. The number of carbonyl (C=O) groups excluding carboxylic acids is 1. The highest BCUT2D eigenvalue weighted by atomic mass is 16.5. The van der Waals surface area contributed by atoms with E-state index >= 15 is 0 Å². The molecule has 0 atom stereocenters. The van der Waals surface area contributed by atoms with Crippen LogP contribution in [0.3, 0.4) is 0 Å². The zero-order chi connectivity index (χ0) is 22.3. The summed E-state index contributed by atoms with van der Waals surface area (Å²) in [7, 11) is 1.58. The Bertz CT molecular complexity index is 1140. The second kappa shape index (κ2) is 8.09. The van der Waals surface area contributed by atoms with Gasteiger partial charge in [-0.05, 0) is 63.6 Å². The fourth-order valence-electron chi connectivity index (χ4n) is 4.28. The van der Waals surface area contributed by atoms with Gasteiger partial charge in [0.25, 0.3) is 5.91 Å². The Hall–Kier alpha value is -3.13. The summed E-state index contributed by atoms with van der Waals surface area (Å²) in [6.45, 7) is 1.90. The van der Waals surface area contributed by atoms with Crippen LogP contribution in [0.15, 0.2) is 36.5 Å². The van der Waals surface area contributed by atoms with E-state index in [0.717, 1.165) is 55.2 Å². The van der Waals surface area contributed by atoms with Crippen molar-refractivity contribution in [3.8, 4) is 5.75 Å². The van der Waals surface area contributed by atoms with Crippen LogP contribution in [0.4, 0.5) is 11.5 Å². The predicted octanol–water partition coefficient (Wildman–Crippen LogP) is 4.13. The lowest BCUT2D eigenvalue weighted by Gasteiger charge is -2.33. The van der Waals surface area contributed by atoms with E-state index in [0.29, 0.717) is 23.2 Å². The van der Waals surface area contributed by atoms with Crippen LogP contribution in [0, 0.1) is 0 Å². The first-order chi connectivity index (χ1) is 15.4. The maximum atomic E-state index is 12.9. The van der Waals surface area contributed by atoms with Gasteiger partial charge in [-0.2, -0.15) is 5.10 Å². The number of hydrogen-bond acceptors (Lipinski definition) is 6. The summed E-state index contributed by atoms with van der Waals surface area (Å²) in [4.78, 5) is 17.3. The average molecular weight is 436 g/mol. The minimum atomic E-state index is -0.580. The number of hydrogen-bond donors (Lipinski definition) is 3. The van der Waals surface area contributed by atoms with Crippen LogP contribution in [0.5, 0.6) is 5.75 Å². The molecule has 0 aliphatic heterocycles. The van der Waals surface area contributed by atoms with Crippen molar-refractivity contribution in [2.45, 2.75) is 63.1 Å². The van der Waals surface area contributed by atoms with Crippen LogP contribution in [0.25, 0.3) is 10.9 Å². The third-order valence-corrected chi connectivity index (χ3v) is 6.41. The Kier molecular flexibility index (Phi) is 5.25. The third kappa shape index (κ3) is 4.41. The molecule has 3 aromatic rings. The molecule has 0 unspecified atom stereocenters. The number of methoxy groups -OCH3 is 1. The van der Waals surface area contributed by atoms with Gasteiger partial charge in [0.1, 0.15) is 17.3 Å². The molecule has 32 heavy (non-hydrogen) atoms. The highest BCUT2D eigenvalue weighted by Gasteiger charge is 2.30. The molecule has 168 valence electrons. The van der Waals surface area contributed by atoms with Crippen molar-refractivity contribution in [3.05, 3.63) is 42.2 Å². The minimum Gasteiger partial charge on any atom is -0.494 e. The Morgan fingerprint density at radius 3 is 2.72 bits per heavy atom. The molecule has 8 heteroatoms. The number of carbonyl (C=O) groups is 1. The molecule has 2 aliphatic rings. The third-order valence-electron chi connectivity index (χ3n) is 6.41. The van der Waals surface area contributed by atoms with Gasteiger partial charge in [0, 0.05) is 23.7 Å². The molecule has 1 aromatic carbocycles. The van der Waals surface area contributed by atoms with Crippen molar-refractivity contribution in [1.82, 2.24) is 14.8 Å². The molecular formula is C24H29N5O3. The lowest BCUT2D eigenvalue weighted by molar-refractivity contribution is 0.00860. The van der Waals surface area contributed by atoms with Crippen LogP contribution >= 0.6 is 0 Å². The number of ether oxygens (including phenoxy) is 1. The zero-order valence-electron chi connectivity index (χ0n) is 18.5. The van der Waals surface area contributed by atoms with Gasteiger partial charge in [0.15, 0.2) is 0 Å². The smallest absolute Gasteiger partial charge is 0.274 e. The number of aromatic nitrogens is 3. The van der Waals surface area contributed by atoms with E-state index in [4.69, 9.17) is 9.84 Å². The van der Waals surface area contributed by atoms with Gasteiger partial charge >= 0.3 is 0 Å². The summed E-state index contributed by atoms with van der Waals surface area (Å²) < 4.78 is 7.51. The maximum absolute atomic E-state index is 12.9. The van der Waals surface area contributed by atoms with E-state index in [1.165, 1.54) is 0 Å². The van der Waals surface area contributed by atoms with Crippen LogP contribution in [-0.2, 0) is 0 Å². The molecule has 1 amide bonds. The largest absolute Gasteiger partial charge is 0.494 e.